The number of carbonyl (C=O) groups excluding carboxylic acids is 2. The number of hydrogen-bond donors (Lipinski definition) is 2. The van der Waals surface area contributed by atoms with Crippen molar-refractivity contribution in [3.63, 3.8) is 0 Å². The SMILES string of the molecule is O=C(CCN1C(=O)C(=Cc2ccccc2F)SC1=S)NNc1ccccc1. The average molecular weight is 401 g/mol. The first-order chi connectivity index (χ1) is 13.0. The number of hydrogen-bond acceptors (Lipinski definition) is 5. The Morgan fingerprint density at radius 3 is 2.59 bits per heavy atom. The second-order valence-electron chi connectivity index (χ2n) is 5.64. The van der Waals surface area contributed by atoms with Gasteiger partial charge in [0, 0.05) is 18.5 Å². The molecular weight excluding hydrogens is 385 g/mol. The van der Waals surface area contributed by atoms with E-state index in [2.05, 4.69) is 10.9 Å². The topological polar surface area (TPSA) is 61.4 Å². The minimum atomic E-state index is -0.408. The number of amides is 2. The number of hydrazine groups is 1. The Labute approximate surface area is 165 Å². The first-order valence-corrected chi connectivity index (χ1v) is 9.37. The minimum Gasteiger partial charge on any atom is -0.299 e. The lowest BCUT2D eigenvalue weighted by Gasteiger charge is -2.14. The van der Waals surface area contributed by atoms with Crippen molar-refractivity contribution in [3.05, 3.63) is 70.9 Å². The number of benzene rings is 2. The number of para-hydroxylation sites is 1. The zero-order valence-electron chi connectivity index (χ0n) is 14.1. The minimum absolute atomic E-state index is 0.0826. The van der Waals surface area contributed by atoms with E-state index in [1.165, 1.54) is 17.0 Å². The molecule has 138 valence electrons. The molecule has 27 heavy (non-hydrogen) atoms. The third kappa shape index (κ3) is 4.93. The van der Waals surface area contributed by atoms with Crippen molar-refractivity contribution < 1.29 is 14.0 Å². The van der Waals surface area contributed by atoms with Gasteiger partial charge in [0.2, 0.25) is 5.91 Å². The molecule has 1 fully saturated rings. The molecule has 1 aliphatic rings. The fourth-order valence-electron chi connectivity index (χ4n) is 2.37. The van der Waals surface area contributed by atoms with Crippen molar-refractivity contribution in [2.75, 3.05) is 12.0 Å². The maximum atomic E-state index is 13.8. The Morgan fingerprint density at radius 2 is 1.85 bits per heavy atom. The third-order valence-electron chi connectivity index (χ3n) is 3.75. The van der Waals surface area contributed by atoms with Gasteiger partial charge in [-0.3, -0.25) is 25.3 Å². The predicted octanol–water partition coefficient (Wildman–Crippen LogP) is 3.56. The first kappa shape index (κ1) is 19.1. The number of anilines is 1. The van der Waals surface area contributed by atoms with Gasteiger partial charge in [-0.1, -0.05) is 60.4 Å². The molecule has 0 saturated carbocycles. The van der Waals surface area contributed by atoms with E-state index in [1.54, 1.807) is 18.2 Å². The van der Waals surface area contributed by atoms with Crippen LogP contribution in [0.2, 0.25) is 0 Å². The molecule has 0 spiro atoms. The van der Waals surface area contributed by atoms with Crippen LogP contribution in [0.15, 0.2) is 59.5 Å². The van der Waals surface area contributed by atoms with Gasteiger partial charge in [0.25, 0.3) is 5.91 Å². The highest BCUT2D eigenvalue weighted by Crippen LogP contribution is 2.32. The summed E-state index contributed by atoms with van der Waals surface area (Å²) >= 11 is 6.33. The lowest BCUT2D eigenvalue weighted by atomic mass is 10.2. The van der Waals surface area contributed by atoms with Gasteiger partial charge >= 0.3 is 0 Å². The molecule has 3 rings (SSSR count). The summed E-state index contributed by atoms with van der Waals surface area (Å²) in [6.07, 6.45) is 1.56. The van der Waals surface area contributed by atoms with Gasteiger partial charge in [-0.05, 0) is 24.3 Å². The van der Waals surface area contributed by atoms with Crippen LogP contribution in [0.25, 0.3) is 6.08 Å². The summed E-state index contributed by atoms with van der Waals surface area (Å²) in [7, 11) is 0. The van der Waals surface area contributed by atoms with Crippen molar-refractivity contribution in [3.8, 4) is 0 Å². The summed E-state index contributed by atoms with van der Waals surface area (Å²) in [6.45, 7) is 0.154. The van der Waals surface area contributed by atoms with Crippen LogP contribution in [-0.2, 0) is 9.59 Å². The first-order valence-electron chi connectivity index (χ1n) is 8.14. The second kappa shape index (κ2) is 8.79. The Balaban J connectivity index is 1.56. The molecule has 0 atom stereocenters. The Hall–Kier alpha value is -2.71. The van der Waals surface area contributed by atoms with Crippen LogP contribution in [-0.4, -0.2) is 27.6 Å². The van der Waals surface area contributed by atoms with Crippen molar-refractivity contribution in [1.82, 2.24) is 10.3 Å². The maximum absolute atomic E-state index is 13.8. The predicted molar refractivity (Wildman–Crippen MR) is 109 cm³/mol. The van der Waals surface area contributed by atoms with E-state index >= 15 is 0 Å². The van der Waals surface area contributed by atoms with Crippen molar-refractivity contribution in [1.29, 1.82) is 0 Å². The zero-order valence-corrected chi connectivity index (χ0v) is 15.8. The van der Waals surface area contributed by atoms with Crippen LogP contribution in [0.5, 0.6) is 0 Å². The fourth-order valence-corrected chi connectivity index (χ4v) is 3.66. The van der Waals surface area contributed by atoms with Gasteiger partial charge in [-0.25, -0.2) is 4.39 Å². The van der Waals surface area contributed by atoms with E-state index in [4.69, 9.17) is 12.2 Å². The number of thioether (sulfide) groups is 1. The zero-order chi connectivity index (χ0) is 19.2. The van der Waals surface area contributed by atoms with Crippen molar-refractivity contribution in [2.24, 2.45) is 0 Å². The van der Waals surface area contributed by atoms with Gasteiger partial charge in [0.15, 0.2) is 0 Å². The van der Waals surface area contributed by atoms with Crippen LogP contribution in [0, 0.1) is 5.82 Å². The molecular formula is C19H16FN3O2S2. The van der Waals surface area contributed by atoms with E-state index in [0.29, 0.717) is 14.8 Å². The molecule has 0 unspecified atom stereocenters. The lowest BCUT2D eigenvalue weighted by molar-refractivity contribution is -0.123. The molecule has 2 N–H and O–H groups in total. The molecule has 1 saturated heterocycles. The summed E-state index contributed by atoms with van der Waals surface area (Å²) < 4.78 is 14.1. The summed E-state index contributed by atoms with van der Waals surface area (Å²) in [5, 5.41) is 0. The summed E-state index contributed by atoms with van der Waals surface area (Å²) in [5.74, 6) is -1.00. The number of halogens is 1. The fraction of sp³-hybridized carbons (Fsp3) is 0.105. The van der Waals surface area contributed by atoms with E-state index in [1.807, 2.05) is 30.3 Å². The third-order valence-corrected chi connectivity index (χ3v) is 5.13. The summed E-state index contributed by atoms with van der Waals surface area (Å²) in [4.78, 5) is 26.2. The quantitative estimate of drug-likeness (QED) is 0.440. The van der Waals surface area contributed by atoms with Crippen molar-refractivity contribution >= 4 is 51.9 Å². The second-order valence-corrected chi connectivity index (χ2v) is 7.32. The Kier molecular flexibility index (Phi) is 6.20. The highest BCUT2D eigenvalue weighted by atomic mass is 32.2. The average Bonchev–Trinajstić information content (AvgIpc) is 2.94. The van der Waals surface area contributed by atoms with Gasteiger partial charge in [-0.15, -0.1) is 0 Å². The summed E-state index contributed by atoms with van der Waals surface area (Å²) in [6, 6.07) is 15.4. The van der Waals surface area contributed by atoms with E-state index in [9.17, 15) is 14.0 Å². The number of nitrogens with one attached hydrogen (secondary N) is 2. The van der Waals surface area contributed by atoms with Gasteiger partial charge in [0.05, 0.1) is 10.6 Å². The largest absolute Gasteiger partial charge is 0.299 e. The molecule has 0 aliphatic carbocycles. The lowest BCUT2D eigenvalue weighted by Crippen LogP contribution is -2.35. The standard InChI is InChI=1S/C19H16FN3O2S2/c20-15-9-5-4-6-13(15)12-16-18(25)23(19(26)27-16)11-10-17(24)22-21-14-7-2-1-3-8-14/h1-9,12,21H,10-11H2,(H,22,24). The number of rotatable bonds is 6. The maximum Gasteiger partial charge on any atom is 0.266 e. The van der Waals surface area contributed by atoms with E-state index < -0.39 is 5.82 Å². The van der Waals surface area contributed by atoms with Crippen molar-refractivity contribution in [2.45, 2.75) is 6.42 Å². The highest BCUT2D eigenvalue weighted by molar-refractivity contribution is 8.26. The molecule has 0 radical (unpaired) electrons. The Bertz CT molecular complexity index is 903. The van der Waals surface area contributed by atoms with E-state index in [-0.39, 0.29) is 24.8 Å². The molecule has 0 aromatic heterocycles. The molecule has 1 heterocycles. The molecule has 8 heteroatoms. The number of thiocarbonyl (C=S) groups is 1. The van der Waals surface area contributed by atoms with Gasteiger partial charge < -0.3 is 0 Å². The Morgan fingerprint density at radius 1 is 1.15 bits per heavy atom. The normalized spacial score (nSPS) is 15.3. The monoisotopic (exact) mass is 401 g/mol. The number of carbonyl (C=O) groups is 2. The van der Waals surface area contributed by atoms with Gasteiger partial charge in [0.1, 0.15) is 10.1 Å². The van der Waals surface area contributed by atoms with Crippen LogP contribution >= 0.6 is 24.0 Å². The summed E-state index contributed by atoms with van der Waals surface area (Å²) in [5.41, 5.74) is 6.44. The smallest absolute Gasteiger partial charge is 0.266 e. The molecule has 2 amide bonds. The molecule has 1 aliphatic heterocycles. The molecule has 5 nitrogen and oxygen atoms in total. The van der Waals surface area contributed by atoms with Crippen LogP contribution in [0.4, 0.5) is 10.1 Å². The molecule has 2 aromatic carbocycles. The molecule has 0 bridgehead atoms. The van der Waals surface area contributed by atoms with Gasteiger partial charge in [-0.2, -0.15) is 0 Å². The van der Waals surface area contributed by atoms with Crippen LogP contribution in [0.1, 0.15) is 12.0 Å². The highest BCUT2D eigenvalue weighted by Gasteiger charge is 2.32. The van der Waals surface area contributed by atoms with Crippen LogP contribution in [0.3, 0.4) is 0 Å². The van der Waals surface area contributed by atoms with Crippen LogP contribution < -0.4 is 10.9 Å². The molecule has 2 aromatic rings. The van der Waals surface area contributed by atoms with E-state index in [0.717, 1.165) is 17.4 Å². The number of nitrogens with zero attached hydrogens (tertiary/aromatic N) is 1.